The maximum Gasteiger partial charge on any atom is 0.185 e. The van der Waals surface area contributed by atoms with Crippen LogP contribution in [0.5, 0.6) is 0 Å². The van der Waals surface area contributed by atoms with Gasteiger partial charge in [0, 0.05) is 22.5 Å². The molecular formula is C11H13N3S. The van der Waals surface area contributed by atoms with Crippen molar-refractivity contribution in [1.82, 2.24) is 0 Å². The summed E-state index contributed by atoms with van der Waals surface area (Å²) < 4.78 is 1.32. The number of thiophene rings is 1. The van der Waals surface area contributed by atoms with Crippen LogP contribution in [0.2, 0.25) is 0 Å². The van der Waals surface area contributed by atoms with Crippen molar-refractivity contribution in [2.75, 3.05) is 6.54 Å². The largest absolute Gasteiger partial charge is 0.370 e. The molecule has 0 spiro atoms. The topological polar surface area (TPSA) is 64.4 Å². The lowest BCUT2D eigenvalue weighted by Crippen LogP contribution is -2.23. The number of nitrogens with zero attached hydrogens (tertiary/aromatic N) is 1. The van der Waals surface area contributed by atoms with Gasteiger partial charge in [0.25, 0.3) is 0 Å². The van der Waals surface area contributed by atoms with Crippen molar-refractivity contribution in [2.24, 2.45) is 16.5 Å². The van der Waals surface area contributed by atoms with E-state index in [4.69, 9.17) is 11.5 Å². The molecule has 0 unspecified atom stereocenters. The number of fused-ring (bicyclic) bond motifs is 1. The number of aliphatic imine (C=N–C) groups is 1. The Morgan fingerprint density at radius 2 is 2.07 bits per heavy atom. The lowest BCUT2D eigenvalue weighted by molar-refractivity contribution is 0.981. The summed E-state index contributed by atoms with van der Waals surface area (Å²) >= 11 is 1.80. The van der Waals surface area contributed by atoms with Crippen molar-refractivity contribution in [3.63, 3.8) is 0 Å². The monoisotopic (exact) mass is 219 g/mol. The quantitative estimate of drug-likeness (QED) is 0.609. The maximum absolute atomic E-state index is 5.26. The fourth-order valence-electron chi connectivity index (χ4n) is 1.46. The van der Waals surface area contributed by atoms with Crippen LogP contribution in [0.3, 0.4) is 0 Å². The van der Waals surface area contributed by atoms with E-state index in [0.29, 0.717) is 6.54 Å². The molecule has 0 fully saturated rings. The molecule has 0 saturated heterocycles. The molecule has 0 aliphatic rings. The average Bonchev–Trinajstić information content (AvgIpc) is 2.59. The highest BCUT2D eigenvalue weighted by atomic mass is 32.1. The normalized spacial score (nSPS) is 10.4. The minimum atomic E-state index is 0.163. The summed E-state index contributed by atoms with van der Waals surface area (Å²) in [5.74, 6) is 0.163. The lowest BCUT2D eigenvalue weighted by atomic mass is 10.2. The van der Waals surface area contributed by atoms with Gasteiger partial charge in [-0.2, -0.15) is 0 Å². The average molecular weight is 219 g/mol. The molecule has 1 aromatic carbocycles. The Kier molecular flexibility index (Phi) is 2.87. The molecule has 0 atom stereocenters. The van der Waals surface area contributed by atoms with E-state index in [1.54, 1.807) is 11.3 Å². The summed E-state index contributed by atoms with van der Waals surface area (Å²) in [4.78, 5) is 5.29. The third kappa shape index (κ3) is 2.47. The van der Waals surface area contributed by atoms with E-state index in [2.05, 4.69) is 35.3 Å². The molecule has 78 valence electrons. The third-order valence-electron chi connectivity index (χ3n) is 2.13. The molecule has 1 heterocycles. The van der Waals surface area contributed by atoms with Gasteiger partial charge in [-0.05, 0) is 17.5 Å². The first-order valence-corrected chi connectivity index (χ1v) is 5.60. The Bertz CT molecular complexity index is 450. The van der Waals surface area contributed by atoms with E-state index < -0.39 is 0 Å². The highest BCUT2D eigenvalue weighted by Gasteiger charge is 1.99. The summed E-state index contributed by atoms with van der Waals surface area (Å²) in [6, 6.07) is 10.6. The molecule has 0 aliphatic heterocycles. The number of rotatable bonds is 3. The molecule has 15 heavy (non-hydrogen) atoms. The van der Waals surface area contributed by atoms with Crippen LogP contribution in [-0.2, 0) is 6.42 Å². The second kappa shape index (κ2) is 4.31. The van der Waals surface area contributed by atoms with Crippen LogP contribution in [-0.4, -0.2) is 12.5 Å². The van der Waals surface area contributed by atoms with Crippen LogP contribution in [0.15, 0.2) is 35.3 Å². The Balaban J connectivity index is 2.12. The summed E-state index contributed by atoms with van der Waals surface area (Å²) in [5.41, 5.74) is 10.5. The van der Waals surface area contributed by atoms with Crippen molar-refractivity contribution in [2.45, 2.75) is 6.42 Å². The van der Waals surface area contributed by atoms with Gasteiger partial charge < -0.3 is 11.5 Å². The summed E-state index contributed by atoms with van der Waals surface area (Å²) in [6.07, 6.45) is 0.900. The molecule has 3 nitrogen and oxygen atoms in total. The Hall–Kier alpha value is -1.55. The predicted octanol–water partition coefficient (Wildman–Crippen LogP) is 1.72. The standard InChI is InChI=1S/C11H13N3S/c12-11(13)14-6-5-9-7-8-3-1-2-4-10(8)15-9/h1-4,7H,5-6H2,(H4,12,13,14). The molecule has 0 bridgehead atoms. The SMILES string of the molecule is NC(N)=NCCc1cc2ccccc2s1. The predicted molar refractivity (Wildman–Crippen MR) is 66.2 cm³/mol. The van der Waals surface area contributed by atoms with E-state index in [1.165, 1.54) is 15.0 Å². The Morgan fingerprint density at radius 1 is 1.27 bits per heavy atom. The van der Waals surface area contributed by atoms with Crippen molar-refractivity contribution in [3.8, 4) is 0 Å². The van der Waals surface area contributed by atoms with Gasteiger partial charge in [-0.1, -0.05) is 18.2 Å². The van der Waals surface area contributed by atoms with Crippen LogP contribution >= 0.6 is 11.3 Å². The molecule has 0 radical (unpaired) electrons. The first-order chi connectivity index (χ1) is 7.25. The van der Waals surface area contributed by atoms with Crippen LogP contribution in [0, 0.1) is 0 Å². The molecule has 0 amide bonds. The summed E-state index contributed by atoms with van der Waals surface area (Å²) in [7, 11) is 0. The van der Waals surface area contributed by atoms with Gasteiger partial charge in [0.2, 0.25) is 0 Å². The second-order valence-electron chi connectivity index (χ2n) is 3.31. The van der Waals surface area contributed by atoms with Gasteiger partial charge in [-0.3, -0.25) is 4.99 Å². The zero-order valence-electron chi connectivity index (χ0n) is 8.31. The number of nitrogens with two attached hydrogens (primary N) is 2. The van der Waals surface area contributed by atoms with Crippen LogP contribution in [0.1, 0.15) is 4.88 Å². The molecule has 4 heteroatoms. The van der Waals surface area contributed by atoms with Gasteiger partial charge >= 0.3 is 0 Å². The number of guanidine groups is 1. The fraction of sp³-hybridized carbons (Fsp3) is 0.182. The third-order valence-corrected chi connectivity index (χ3v) is 3.30. The maximum atomic E-state index is 5.26. The van der Waals surface area contributed by atoms with Gasteiger partial charge in [0.05, 0.1) is 0 Å². The van der Waals surface area contributed by atoms with Gasteiger partial charge in [-0.25, -0.2) is 0 Å². The Morgan fingerprint density at radius 3 is 2.80 bits per heavy atom. The number of hydrogen-bond donors (Lipinski definition) is 2. The molecule has 0 aliphatic carbocycles. The molecule has 2 rings (SSSR count). The van der Waals surface area contributed by atoms with Crippen molar-refractivity contribution in [3.05, 3.63) is 35.2 Å². The number of hydrogen-bond acceptors (Lipinski definition) is 2. The zero-order chi connectivity index (χ0) is 10.7. The van der Waals surface area contributed by atoms with E-state index in [9.17, 15) is 0 Å². The smallest absolute Gasteiger partial charge is 0.185 e. The van der Waals surface area contributed by atoms with Crippen molar-refractivity contribution < 1.29 is 0 Å². The van der Waals surface area contributed by atoms with Gasteiger partial charge in [-0.15, -0.1) is 11.3 Å². The van der Waals surface area contributed by atoms with Crippen LogP contribution < -0.4 is 11.5 Å². The molecule has 4 N–H and O–H groups in total. The van der Waals surface area contributed by atoms with E-state index >= 15 is 0 Å². The fourth-order valence-corrected chi connectivity index (χ4v) is 2.51. The first-order valence-electron chi connectivity index (χ1n) is 4.78. The van der Waals surface area contributed by atoms with Crippen molar-refractivity contribution in [1.29, 1.82) is 0 Å². The Labute approximate surface area is 92.4 Å². The first kappa shape index (κ1) is 9.98. The molecular weight excluding hydrogens is 206 g/mol. The zero-order valence-corrected chi connectivity index (χ0v) is 9.13. The highest BCUT2D eigenvalue weighted by Crippen LogP contribution is 2.25. The number of benzene rings is 1. The second-order valence-corrected chi connectivity index (χ2v) is 4.48. The van der Waals surface area contributed by atoms with Crippen LogP contribution in [0.25, 0.3) is 10.1 Å². The highest BCUT2D eigenvalue weighted by molar-refractivity contribution is 7.19. The van der Waals surface area contributed by atoms with E-state index in [-0.39, 0.29) is 5.96 Å². The summed E-state index contributed by atoms with van der Waals surface area (Å²) in [5, 5.41) is 1.29. The molecule has 1 aromatic heterocycles. The minimum Gasteiger partial charge on any atom is -0.370 e. The summed E-state index contributed by atoms with van der Waals surface area (Å²) in [6.45, 7) is 0.662. The van der Waals surface area contributed by atoms with E-state index in [1.807, 2.05) is 0 Å². The van der Waals surface area contributed by atoms with Crippen LogP contribution in [0.4, 0.5) is 0 Å². The molecule has 2 aromatic rings. The lowest BCUT2D eigenvalue weighted by Gasteiger charge is -1.92. The molecule has 0 saturated carbocycles. The van der Waals surface area contributed by atoms with Gasteiger partial charge in [0.1, 0.15) is 0 Å². The van der Waals surface area contributed by atoms with E-state index in [0.717, 1.165) is 6.42 Å². The van der Waals surface area contributed by atoms with Crippen molar-refractivity contribution >= 4 is 27.4 Å². The minimum absolute atomic E-state index is 0.163. The van der Waals surface area contributed by atoms with Gasteiger partial charge in [0.15, 0.2) is 5.96 Å².